The van der Waals surface area contributed by atoms with Crippen LogP contribution in [0.2, 0.25) is 0 Å². The van der Waals surface area contributed by atoms with Crippen LogP contribution < -0.4 is 4.74 Å². The quantitative estimate of drug-likeness (QED) is 0.776. The molecular formula is C17H19F3O3. The number of carboxylic acids is 1. The lowest BCUT2D eigenvalue weighted by Gasteiger charge is -2.28. The third-order valence-electron chi connectivity index (χ3n) is 3.70. The van der Waals surface area contributed by atoms with Crippen LogP contribution in [0.15, 0.2) is 23.8 Å². The summed E-state index contributed by atoms with van der Waals surface area (Å²) in [6, 6.07) is 4.94. The van der Waals surface area contributed by atoms with Gasteiger partial charge in [-0.05, 0) is 24.5 Å². The number of carbonyl (C=O) groups is 1. The Bertz CT molecular complexity index is 626. The number of fused-ring (bicyclic) bond motifs is 1. The van der Waals surface area contributed by atoms with Crippen molar-refractivity contribution in [1.29, 1.82) is 0 Å². The normalized spacial score (nSPS) is 17.8. The Morgan fingerprint density at radius 3 is 2.78 bits per heavy atom. The average Bonchev–Trinajstić information content (AvgIpc) is 2.52. The van der Waals surface area contributed by atoms with Crippen LogP contribution in [-0.4, -0.2) is 23.4 Å². The molecule has 2 rings (SSSR count). The second-order valence-electron chi connectivity index (χ2n) is 5.44. The number of hydrogen-bond donors (Lipinski definition) is 1. The number of ether oxygens (including phenoxy) is 1. The molecule has 0 saturated carbocycles. The number of para-hydroxylation sites is 1. The highest BCUT2D eigenvalue weighted by molar-refractivity contribution is 5.95. The van der Waals surface area contributed by atoms with Crippen molar-refractivity contribution in [1.82, 2.24) is 0 Å². The molecule has 0 saturated heterocycles. The first-order valence-electron chi connectivity index (χ1n) is 8.14. The van der Waals surface area contributed by atoms with E-state index in [1.807, 2.05) is 0 Å². The SMILES string of the molecule is [2H]CCCCCCc1cccc2c1OC(C(F)(F)F)C(C(=O)O)=C2. The van der Waals surface area contributed by atoms with E-state index < -0.39 is 23.8 Å². The molecule has 0 bridgehead atoms. The third kappa shape index (κ3) is 4.06. The molecule has 0 aromatic heterocycles. The van der Waals surface area contributed by atoms with Crippen LogP contribution in [0.3, 0.4) is 0 Å². The highest BCUT2D eigenvalue weighted by Crippen LogP contribution is 2.39. The van der Waals surface area contributed by atoms with Crippen LogP contribution in [0.25, 0.3) is 6.08 Å². The molecule has 0 aliphatic carbocycles. The Morgan fingerprint density at radius 2 is 2.13 bits per heavy atom. The zero-order valence-electron chi connectivity index (χ0n) is 13.5. The lowest BCUT2D eigenvalue weighted by molar-refractivity contribution is -0.187. The van der Waals surface area contributed by atoms with Crippen molar-refractivity contribution < 1.29 is 29.2 Å². The summed E-state index contributed by atoms with van der Waals surface area (Å²) in [6.07, 6.45) is -2.24. The minimum Gasteiger partial charge on any atom is -0.478 e. The maximum Gasteiger partial charge on any atom is 0.430 e. The number of aliphatic carboxylic acids is 1. The maximum absolute atomic E-state index is 13.1. The number of halogens is 3. The summed E-state index contributed by atoms with van der Waals surface area (Å²) >= 11 is 0. The van der Waals surface area contributed by atoms with Crippen molar-refractivity contribution >= 4 is 12.0 Å². The molecule has 0 spiro atoms. The fourth-order valence-corrected chi connectivity index (χ4v) is 2.57. The van der Waals surface area contributed by atoms with E-state index in [9.17, 15) is 18.0 Å². The van der Waals surface area contributed by atoms with Crippen LogP contribution in [-0.2, 0) is 11.2 Å². The van der Waals surface area contributed by atoms with Gasteiger partial charge in [0.1, 0.15) is 5.75 Å². The van der Waals surface area contributed by atoms with Gasteiger partial charge in [0.05, 0.1) is 5.57 Å². The highest BCUT2D eigenvalue weighted by atomic mass is 19.4. The van der Waals surface area contributed by atoms with E-state index in [1.54, 1.807) is 18.2 Å². The summed E-state index contributed by atoms with van der Waals surface area (Å²) in [5.74, 6) is -1.52. The van der Waals surface area contributed by atoms with Crippen LogP contribution in [0.4, 0.5) is 13.2 Å². The number of alkyl halides is 3. The molecule has 1 aromatic rings. The number of rotatable bonds is 6. The van der Waals surface area contributed by atoms with Crippen LogP contribution >= 0.6 is 0 Å². The summed E-state index contributed by atoms with van der Waals surface area (Å²) in [5.41, 5.74) is 0.201. The topological polar surface area (TPSA) is 46.5 Å². The van der Waals surface area contributed by atoms with E-state index in [2.05, 4.69) is 0 Å². The van der Waals surface area contributed by atoms with Gasteiger partial charge in [0, 0.05) is 6.93 Å². The van der Waals surface area contributed by atoms with Gasteiger partial charge in [-0.3, -0.25) is 0 Å². The van der Waals surface area contributed by atoms with Crippen LogP contribution in [0, 0.1) is 0 Å². The fraction of sp³-hybridized carbons (Fsp3) is 0.471. The standard InChI is InChI=1S/C17H19F3O3/c1-2-3-4-5-7-11-8-6-9-12-10-13(16(21)22)15(17(18,19)20)23-14(11)12/h6,8-10,15H,2-5,7H2,1H3,(H,21,22)/i1D. The number of hydrogen-bond acceptors (Lipinski definition) is 2. The Labute approximate surface area is 134 Å². The van der Waals surface area contributed by atoms with Crippen LogP contribution in [0.1, 0.15) is 45.1 Å². The summed E-state index contributed by atoms with van der Waals surface area (Å²) in [6.45, 7) is 0.375. The Balaban J connectivity index is 2.23. The van der Waals surface area contributed by atoms with Crippen molar-refractivity contribution in [2.24, 2.45) is 0 Å². The minimum absolute atomic E-state index is 0.116. The van der Waals surface area contributed by atoms with E-state index in [0.29, 0.717) is 24.4 Å². The van der Waals surface area contributed by atoms with Gasteiger partial charge in [-0.2, -0.15) is 13.2 Å². The molecule has 1 aromatic carbocycles. The van der Waals surface area contributed by atoms with Gasteiger partial charge in [0.15, 0.2) is 0 Å². The van der Waals surface area contributed by atoms with E-state index in [1.165, 1.54) is 0 Å². The highest BCUT2D eigenvalue weighted by Gasteiger charge is 2.48. The van der Waals surface area contributed by atoms with Crippen LogP contribution in [0.5, 0.6) is 5.75 Å². The molecular weight excluding hydrogens is 309 g/mol. The Hall–Kier alpha value is -1.98. The molecule has 1 unspecified atom stereocenters. The predicted molar refractivity (Wildman–Crippen MR) is 80.4 cm³/mol. The molecule has 3 nitrogen and oxygen atoms in total. The zero-order chi connectivity index (χ0) is 17.7. The zero-order valence-corrected chi connectivity index (χ0v) is 12.5. The number of carboxylic acid groups (broad SMARTS) is 1. The number of aryl methyl sites for hydroxylation is 1. The molecule has 1 atom stereocenters. The largest absolute Gasteiger partial charge is 0.478 e. The van der Waals surface area contributed by atoms with Crippen molar-refractivity contribution in [3.63, 3.8) is 0 Å². The number of benzene rings is 1. The molecule has 0 amide bonds. The van der Waals surface area contributed by atoms with Gasteiger partial charge < -0.3 is 9.84 Å². The second kappa shape index (κ2) is 7.06. The predicted octanol–water partition coefficient (Wildman–Crippen LogP) is 4.60. The fourth-order valence-electron chi connectivity index (χ4n) is 2.57. The third-order valence-corrected chi connectivity index (χ3v) is 3.70. The first-order chi connectivity index (χ1) is 11.3. The van der Waals surface area contributed by atoms with Gasteiger partial charge in [-0.1, -0.05) is 44.4 Å². The molecule has 0 fully saturated rings. The molecule has 1 N–H and O–H groups in total. The van der Waals surface area contributed by atoms with Gasteiger partial charge in [0.25, 0.3) is 0 Å². The monoisotopic (exact) mass is 329 g/mol. The average molecular weight is 329 g/mol. The number of unbranched alkanes of at least 4 members (excludes halogenated alkanes) is 3. The smallest absolute Gasteiger partial charge is 0.430 e. The molecule has 6 heteroatoms. The van der Waals surface area contributed by atoms with E-state index in [0.717, 1.165) is 31.8 Å². The summed E-state index contributed by atoms with van der Waals surface area (Å²) in [7, 11) is 0. The van der Waals surface area contributed by atoms with Gasteiger partial charge >= 0.3 is 12.1 Å². The van der Waals surface area contributed by atoms with E-state index in [-0.39, 0.29) is 5.75 Å². The van der Waals surface area contributed by atoms with Gasteiger partial charge in [0.2, 0.25) is 6.10 Å². The molecule has 126 valence electrons. The maximum atomic E-state index is 13.1. The molecule has 1 aliphatic heterocycles. The first-order valence-corrected chi connectivity index (χ1v) is 7.44. The Morgan fingerprint density at radius 1 is 1.35 bits per heavy atom. The Kier molecular flexibility index (Phi) is 4.88. The van der Waals surface area contributed by atoms with Crippen molar-refractivity contribution in [3.05, 3.63) is 34.9 Å². The van der Waals surface area contributed by atoms with Crippen molar-refractivity contribution in [2.75, 3.05) is 0 Å². The van der Waals surface area contributed by atoms with Gasteiger partial charge in [-0.15, -0.1) is 0 Å². The lowest BCUT2D eigenvalue weighted by atomic mass is 9.96. The summed E-state index contributed by atoms with van der Waals surface area (Å²) in [5, 5.41) is 9.03. The minimum atomic E-state index is -4.79. The summed E-state index contributed by atoms with van der Waals surface area (Å²) in [4.78, 5) is 11.1. The van der Waals surface area contributed by atoms with E-state index in [4.69, 9.17) is 11.2 Å². The molecule has 1 heterocycles. The van der Waals surface area contributed by atoms with Gasteiger partial charge in [-0.25, -0.2) is 4.79 Å². The lowest BCUT2D eigenvalue weighted by Crippen LogP contribution is -2.40. The molecule has 0 radical (unpaired) electrons. The second-order valence-corrected chi connectivity index (χ2v) is 5.44. The van der Waals surface area contributed by atoms with Crippen molar-refractivity contribution in [3.8, 4) is 5.75 Å². The first kappa shape index (κ1) is 15.9. The molecule has 23 heavy (non-hydrogen) atoms. The van der Waals surface area contributed by atoms with Crippen molar-refractivity contribution in [2.45, 2.75) is 51.3 Å². The summed E-state index contributed by atoms with van der Waals surface area (Å²) < 4.78 is 51.5. The molecule has 1 aliphatic rings. The van der Waals surface area contributed by atoms with E-state index >= 15 is 0 Å².